The Kier molecular flexibility index (Phi) is 7.26. The fourth-order valence-corrected chi connectivity index (χ4v) is 3.94. The van der Waals surface area contributed by atoms with Crippen LogP contribution in [0, 0.1) is 13.8 Å². The summed E-state index contributed by atoms with van der Waals surface area (Å²) in [4.78, 5) is 12.7. The molecule has 0 aliphatic rings. The first-order valence-corrected chi connectivity index (χ1v) is 10.8. The number of methoxy groups -OCH3 is 1. The van der Waals surface area contributed by atoms with Gasteiger partial charge in [-0.05, 0) is 70.0 Å². The van der Waals surface area contributed by atoms with Gasteiger partial charge in [0.2, 0.25) is 10.0 Å². The van der Waals surface area contributed by atoms with Gasteiger partial charge in [-0.25, -0.2) is 13.1 Å². The van der Waals surface area contributed by atoms with Crippen LogP contribution in [0.3, 0.4) is 0 Å². The maximum atomic E-state index is 12.7. The number of hydrogen-bond acceptors (Lipinski definition) is 5. The Morgan fingerprint density at radius 3 is 2.34 bits per heavy atom. The highest BCUT2D eigenvalue weighted by Crippen LogP contribution is 2.28. The molecular weight excluding hydrogens is 392 g/mol. The van der Waals surface area contributed by atoms with Crippen molar-refractivity contribution < 1.29 is 22.7 Å². The molecule has 0 saturated heterocycles. The highest BCUT2D eigenvalue weighted by molar-refractivity contribution is 7.89. The summed E-state index contributed by atoms with van der Waals surface area (Å²) in [5.41, 5.74) is 2.27. The average Bonchev–Trinajstić information content (AvgIpc) is 2.64. The van der Waals surface area contributed by atoms with Crippen LogP contribution in [-0.2, 0) is 14.8 Å². The molecular formula is C21H28N2O5S. The molecule has 29 heavy (non-hydrogen) atoms. The molecule has 2 aromatic rings. The lowest BCUT2D eigenvalue weighted by Gasteiger charge is -2.18. The second-order valence-corrected chi connectivity index (χ2v) is 8.80. The molecule has 7 nitrogen and oxygen atoms in total. The number of anilines is 1. The Bertz CT molecular complexity index is 987. The minimum atomic E-state index is -3.71. The Labute approximate surface area is 172 Å². The fourth-order valence-electron chi connectivity index (χ4n) is 2.66. The molecule has 0 unspecified atom stereocenters. The zero-order chi connectivity index (χ0) is 21.8. The third-order valence-electron chi connectivity index (χ3n) is 4.36. The maximum Gasteiger partial charge on any atom is 0.265 e. The number of carbonyl (C=O) groups excluding carboxylic acids is 1. The number of rotatable bonds is 8. The number of aryl methyl sites for hydroxylation is 1. The van der Waals surface area contributed by atoms with Crippen molar-refractivity contribution in [2.45, 2.75) is 51.7 Å². The molecule has 2 aromatic carbocycles. The minimum Gasteiger partial charge on any atom is -0.495 e. The summed E-state index contributed by atoms with van der Waals surface area (Å²) >= 11 is 0. The highest BCUT2D eigenvalue weighted by Gasteiger charge is 2.21. The van der Waals surface area contributed by atoms with Gasteiger partial charge in [-0.2, -0.15) is 0 Å². The molecule has 158 valence electrons. The Balaban J connectivity index is 2.24. The maximum absolute atomic E-state index is 12.7. The Morgan fingerprint density at radius 1 is 1.03 bits per heavy atom. The molecule has 0 radical (unpaired) electrons. The van der Waals surface area contributed by atoms with Crippen LogP contribution in [-0.4, -0.2) is 33.6 Å². The molecule has 0 aromatic heterocycles. The van der Waals surface area contributed by atoms with Crippen molar-refractivity contribution in [2.24, 2.45) is 0 Å². The normalized spacial score (nSPS) is 12.5. The first kappa shape index (κ1) is 22.7. The van der Waals surface area contributed by atoms with Gasteiger partial charge in [-0.1, -0.05) is 12.1 Å². The number of amides is 1. The lowest BCUT2D eigenvalue weighted by atomic mass is 10.1. The van der Waals surface area contributed by atoms with E-state index in [2.05, 4.69) is 10.0 Å². The fraction of sp³-hybridized carbons (Fsp3) is 0.381. The second-order valence-electron chi connectivity index (χ2n) is 7.09. The molecule has 0 spiro atoms. The Hall–Kier alpha value is -2.58. The van der Waals surface area contributed by atoms with E-state index in [0.717, 1.165) is 11.1 Å². The number of carbonyl (C=O) groups is 1. The molecule has 0 saturated carbocycles. The molecule has 1 amide bonds. The van der Waals surface area contributed by atoms with E-state index in [9.17, 15) is 13.2 Å². The van der Waals surface area contributed by atoms with Crippen LogP contribution in [0.4, 0.5) is 5.69 Å². The van der Waals surface area contributed by atoms with E-state index in [1.807, 2.05) is 26.0 Å². The quantitative estimate of drug-likeness (QED) is 0.683. The van der Waals surface area contributed by atoms with Gasteiger partial charge in [-0.3, -0.25) is 4.79 Å². The van der Waals surface area contributed by atoms with Crippen molar-refractivity contribution in [3.05, 3.63) is 47.5 Å². The number of benzene rings is 2. The van der Waals surface area contributed by atoms with Crippen LogP contribution in [0.15, 0.2) is 41.3 Å². The minimum absolute atomic E-state index is 0.0328. The standard InChI is InChI=1S/C21H28N2O5S/c1-13(2)23-29(25,26)17-10-11-20(27-6)18(12-17)22-21(24)16(5)28-19-9-7-8-14(3)15(19)4/h7-13,16,23H,1-6H3,(H,22,24)/t16-/m0/s1. The van der Waals surface area contributed by atoms with Gasteiger partial charge in [0, 0.05) is 6.04 Å². The number of nitrogens with one attached hydrogen (secondary N) is 2. The number of ether oxygens (including phenoxy) is 2. The molecule has 0 heterocycles. The van der Waals surface area contributed by atoms with Crippen LogP contribution in [0.25, 0.3) is 0 Å². The first-order valence-electron chi connectivity index (χ1n) is 9.29. The number of sulfonamides is 1. The summed E-state index contributed by atoms with van der Waals surface area (Å²) in [5, 5.41) is 2.70. The topological polar surface area (TPSA) is 93.7 Å². The van der Waals surface area contributed by atoms with E-state index in [4.69, 9.17) is 9.47 Å². The van der Waals surface area contributed by atoms with Gasteiger partial charge in [0.05, 0.1) is 17.7 Å². The summed E-state index contributed by atoms with van der Waals surface area (Å²) in [5.74, 6) is 0.549. The lowest BCUT2D eigenvalue weighted by molar-refractivity contribution is -0.122. The van der Waals surface area contributed by atoms with E-state index in [1.54, 1.807) is 26.8 Å². The van der Waals surface area contributed by atoms with Crippen molar-refractivity contribution in [3.8, 4) is 11.5 Å². The van der Waals surface area contributed by atoms with E-state index >= 15 is 0 Å². The van der Waals surface area contributed by atoms with Crippen molar-refractivity contribution in [1.82, 2.24) is 4.72 Å². The SMILES string of the molecule is COc1ccc(S(=O)(=O)NC(C)C)cc1NC(=O)[C@H](C)Oc1cccc(C)c1C. The van der Waals surface area contributed by atoms with Gasteiger partial charge in [0.1, 0.15) is 11.5 Å². The average molecular weight is 421 g/mol. The molecule has 0 aliphatic carbocycles. The largest absolute Gasteiger partial charge is 0.495 e. The van der Waals surface area contributed by atoms with E-state index in [0.29, 0.717) is 11.5 Å². The Morgan fingerprint density at radius 2 is 1.72 bits per heavy atom. The molecule has 0 bridgehead atoms. The molecule has 2 N–H and O–H groups in total. The third kappa shape index (κ3) is 5.71. The summed E-state index contributed by atoms with van der Waals surface area (Å²) in [6, 6.07) is 9.67. The van der Waals surface area contributed by atoms with Gasteiger partial charge < -0.3 is 14.8 Å². The summed E-state index contributed by atoms with van der Waals surface area (Å²) < 4.78 is 38.4. The van der Waals surface area contributed by atoms with Crippen molar-refractivity contribution in [3.63, 3.8) is 0 Å². The van der Waals surface area contributed by atoms with Gasteiger partial charge >= 0.3 is 0 Å². The monoisotopic (exact) mass is 420 g/mol. The van der Waals surface area contributed by atoms with E-state index in [-0.39, 0.29) is 16.6 Å². The molecule has 0 aliphatic heterocycles. The van der Waals surface area contributed by atoms with Crippen LogP contribution < -0.4 is 19.5 Å². The second kappa shape index (κ2) is 9.28. The third-order valence-corrected chi connectivity index (χ3v) is 6.01. The zero-order valence-electron chi connectivity index (χ0n) is 17.6. The predicted octanol–water partition coefficient (Wildman–Crippen LogP) is 3.40. The smallest absolute Gasteiger partial charge is 0.265 e. The van der Waals surface area contributed by atoms with Crippen LogP contribution in [0.1, 0.15) is 31.9 Å². The van der Waals surface area contributed by atoms with Gasteiger partial charge in [-0.15, -0.1) is 0 Å². The molecule has 8 heteroatoms. The van der Waals surface area contributed by atoms with Crippen LogP contribution in [0.5, 0.6) is 11.5 Å². The zero-order valence-corrected chi connectivity index (χ0v) is 18.4. The van der Waals surface area contributed by atoms with Gasteiger partial charge in [0.25, 0.3) is 5.91 Å². The van der Waals surface area contributed by atoms with Gasteiger partial charge in [0.15, 0.2) is 6.10 Å². The summed E-state index contributed by atoms with van der Waals surface area (Å²) in [6.45, 7) is 8.99. The van der Waals surface area contributed by atoms with E-state index < -0.39 is 22.0 Å². The lowest BCUT2D eigenvalue weighted by Crippen LogP contribution is -2.31. The number of hydrogen-bond donors (Lipinski definition) is 2. The predicted molar refractivity (Wildman–Crippen MR) is 113 cm³/mol. The van der Waals surface area contributed by atoms with Crippen LogP contribution >= 0.6 is 0 Å². The first-order chi connectivity index (χ1) is 13.5. The highest BCUT2D eigenvalue weighted by atomic mass is 32.2. The van der Waals surface area contributed by atoms with Crippen LogP contribution in [0.2, 0.25) is 0 Å². The molecule has 1 atom stereocenters. The van der Waals surface area contributed by atoms with Crippen molar-refractivity contribution in [1.29, 1.82) is 0 Å². The van der Waals surface area contributed by atoms with Crippen molar-refractivity contribution in [2.75, 3.05) is 12.4 Å². The summed E-state index contributed by atoms with van der Waals surface area (Å²) in [7, 11) is -2.26. The molecule has 0 fully saturated rings. The van der Waals surface area contributed by atoms with Crippen molar-refractivity contribution >= 4 is 21.6 Å². The molecule has 2 rings (SSSR count). The summed E-state index contributed by atoms with van der Waals surface area (Å²) in [6.07, 6.45) is -0.797. The van der Waals surface area contributed by atoms with E-state index in [1.165, 1.54) is 25.3 Å².